The average molecular weight is 1480 g/mol. The molecule has 0 amide bonds. The number of ether oxygens (including phenoxy) is 1. The van der Waals surface area contributed by atoms with Gasteiger partial charge in [0.25, 0.3) is 20.4 Å². The number of anilines is 4. The Labute approximate surface area is 608 Å². The molecular formula is C75H121FN12O9S4. The lowest BCUT2D eigenvalue weighted by Crippen LogP contribution is -2.61. The van der Waals surface area contributed by atoms with Gasteiger partial charge in [0.2, 0.25) is 20.0 Å². The second kappa shape index (κ2) is 36.5. The highest BCUT2D eigenvalue weighted by atomic mass is 32.2. The highest BCUT2D eigenvalue weighted by molar-refractivity contribution is 7.89. The Morgan fingerprint density at radius 2 is 0.842 bits per heavy atom. The van der Waals surface area contributed by atoms with Crippen LogP contribution in [0.4, 0.5) is 27.1 Å². The van der Waals surface area contributed by atoms with Gasteiger partial charge in [-0.2, -0.15) is 42.7 Å². The first kappa shape index (κ1) is 80.4. The van der Waals surface area contributed by atoms with Crippen LogP contribution in [0.3, 0.4) is 0 Å². The molecule has 4 atom stereocenters. The van der Waals surface area contributed by atoms with E-state index >= 15 is 0 Å². The van der Waals surface area contributed by atoms with Crippen molar-refractivity contribution in [1.82, 2.24) is 35.6 Å². The Kier molecular flexibility index (Phi) is 29.1. The number of sulfonamides is 2. The molecule has 566 valence electrons. The van der Waals surface area contributed by atoms with E-state index < -0.39 is 46.3 Å². The van der Waals surface area contributed by atoms with E-state index in [2.05, 4.69) is 51.6 Å². The molecule has 0 unspecified atom stereocenters. The number of nitrogens with zero attached hydrogens (tertiary/aromatic N) is 12. The molecule has 21 nitrogen and oxygen atoms in total. The summed E-state index contributed by atoms with van der Waals surface area (Å²) in [4.78, 5) is 13.7. The van der Waals surface area contributed by atoms with Crippen molar-refractivity contribution in [2.75, 3.05) is 186 Å². The molecule has 6 fully saturated rings. The van der Waals surface area contributed by atoms with Crippen molar-refractivity contribution < 1.29 is 42.8 Å². The van der Waals surface area contributed by atoms with Crippen LogP contribution in [0.5, 0.6) is 5.75 Å². The molecule has 6 aliphatic rings. The van der Waals surface area contributed by atoms with Crippen LogP contribution in [-0.2, 0) is 40.5 Å². The van der Waals surface area contributed by atoms with Crippen molar-refractivity contribution >= 4 is 63.2 Å². The van der Waals surface area contributed by atoms with E-state index in [9.17, 15) is 38.1 Å². The van der Waals surface area contributed by atoms with Crippen molar-refractivity contribution in [3.63, 3.8) is 0 Å². The van der Waals surface area contributed by atoms with E-state index in [0.29, 0.717) is 88.5 Å². The molecule has 101 heavy (non-hydrogen) atoms. The first-order valence-electron chi connectivity index (χ1n) is 37.5. The van der Waals surface area contributed by atoms with Crippen molar-refractivity contribution in [3.05, 3.63) is 102 Å². The van der Waals surface area contributed by atoms with Crippen LogP contribution in [0.1, 0.15) is 129 Å². The van der Waals surface area contributed by atoms with Gasteiger partial charge >= 0.3 is 0 Å². The van der Waals surface area contributed by atoms with Gasteiger partial charge in [-0.3, -0.25) is 0 Å². The van der Waals surface area contributed by atoms with Crippen LogP contribution in [-0.4, -0.2) is 248 Å². The fourth-order valence-corrected chi connectivity index (χ4v) is 23.1. The molecule has 2 saturated carbocycles. The summed E-state index contributed by atoms with van der Waals surface area (Å²) in [6.07, 6.45) is 15.5. The number of aryl methyl sites for hydroxylation is 2. The normalized spacial score (nSPS) is 23.9. The van der Waals surface area contributed by atoms with E-state index in [4.69, 9.17) is 4.74 Å². The molecule has 0 spiro atoms. The Morgan fingerprint density at radius 1 is 0.436 bits per heavy atom. The van der Waals surface area contributed by atoms with Gasteiger partial charge in [0.15, 0.2) is 0 Å². The SMILES string of the molecule is COc1cc(F)cc(N2[C@H](C)CN(S(=O)(=O)N3CCCN(CC4CCCCC4)CCCN(S(=O)(=O)c4ccc(N(C)C)cc4)C[C@H](C)C3)C[C@H]2C)c1.Cc1ccc(N2CCN(S(=O)(=O)N3CCCN(CC4CCCCC4)CCCN(S(=O)(=O)c4ccc(N(C)C)cc4)C[C@H](C)C3)CC2)c(C)c1. The molecule has 4 aliphatic heterocycles. The zero-order valence-electron chi connectivity index (χ0n) is 62.6. The van der Waals surface area contributed by atoms with Gasteiger partial charge in [-0.1, -0.05) is 70.1 Å². The lowest BCUT2D eigenvalue weighted by molar-refractivity contribution is 0.178. The van der Waals surface area contributed by atoms with E-state index in [1.807, 2.05) is 90.0 Å². The largest absolute Gasteiger partial charge is 0.497 e. The summed E-state index contributed by atoms with van der Waals surface area (Å²) in [5, 5.41) is 0. The van der Waals surface area contributed by atoms with Gasteiger partial charge < -0.3 is 34.1 Å². The number of piperazine rings is 2. The second-order valence-electron chi connectivity index (χ2n) is 30.4. The Balaban J connectivity index is 0.000000236. The van der Waals surface area contributed by atoms with Crippen LogP contribution in [0.25, 0.3) is 0 Å². The lowest BCUT2D eigenvalue weighted by Gasteiger charge is -2.46. The number of hydrogen-bond acceptors (Lipinski definition) is 15. The van der Waals surface area contributed by atoms with Crippen molar-refractivity contribution in [3.8, 4) is 5.75 Å². The monoisotopic (exact) mass is 1480 g/mol. The molecule has 10 rings (SSSR count). The maximum Gasteiger partial charge on any atom is 0.282 e. The standard InChI is InChI=1S/C38H61FN6O5S2.C37H60N6O4S2/c1-30-25-42(51(46,47)38-16-14-35(15-17-38)40(4)5)20-10-18-41(29-33-12-8-7-9-13-33)19-11-21-43(26-30)52(48,49)44-27-31(2)45(32(3)28-44)36-22-34(39)23-37(24-36)50-6;1-31-13-18-37(33(3)27-31)40-23-25-41(26-24-40)49(46,47)43-22-10-20-39(30-34-11-7-6-8-12-34)19-9-21-42(28-32(2)29-43)48(44,45)36-16-14-35(15-17-36)38(4)5/h14-17,22-24,30-33H,7-13,18-21,25-29H2,1-6H3;13-18,27,32,34H,6-12,19-26,28-30H2,1-5H3/t30-,31+,32+;32-/m00/s1. The van der Waals surface area contributed by atoms with Gasteiger partial charge in [-0.15, -0.1) is 0 Å². The molecule has 26 heteroatoms. The van der Waals surface area contributed by atoms with Gasteiger partial charge in [0.1, 0.15) is 11.6 Å². The minimum absolute atomic E-state index is 0.181. The maximum absolute atomic E-state index is 14.6. The van der Waals surface area contributed by atoms with Crippen molar-refractivity contribution in [2.45, 2.75) is 153 Å². The van der Waals surface area contributed by atoms with Gasteiger partial charge in [0.05, 0.1) is 16.9 Å². The Bertz CT molecular complexity index is 3720. The van der Waals surface area contributed by atoms with Crippen LogP contribution >= 0.6 is 0 Å². The summed E-state index contributed by atoms with van der Waals surface area (Å²) < 4.78 is 144. The Hall–Kier alpha value is -4.71. The number of halogens is 1. The van der Waals surface area contributed by atoms with Gasteiger partial charge in [0, 0.05) is 180 Å². The van der Waals surface area contributed by atoms with Crippen LogP contribution in [0.15, 0.2) is 94.7 Å². The van der Waals surface area contributed by atoms with E-state index in [-0.39, 0.29) is 73.0 Å². The number of hydrogen-bond donors (Lipinski definition) is 0. The minimum atomic E-state index is -3.91. The van der Waals surface area contributed by atoms with Crippen molar-refractivity contribution in [1.29, 1.82) is 0 Å². The molecule has 2 aliphatic carbocycles. The predicted octanol–water partition coefficient (Wildman–Crippen LogP) is 10.4. The fraction of sp³-hybridized carbons (Fsp3) is 0.680. The molecule has 4 heterocycles. The summed E-state index contributed by atoms with van der Waals surface area (Å²) in [6, 6.07) is 24.6. The highest BCUT2D eigenvalue weighted by Crippen LogP contribution is 2.34. The molecular weight excluding hydrogens is 1360 g/mol. The molecule has 0 N–H and O–H groups in total. The van der Waals surface area contributed by atoms with E-state index in [1.165, 1.54) is 100 Å². The molecule has 4 saturated heterocycles. The molecule has 0 aromatic heterocycles. The van der Waals surface area contributed by atoms with Crippen molar-refractivity contribution in [2.24, 2.45) is 23.7 Å². The second-order valence-corrected chi connectivity index (χ2v) is 38.1. The molecule has 4 aromatic rings. The third-order valence-electron chi connectivity index (χ3n) is 21.6. The zero-order chi connectivity index (χ0) is 72.8. The zero-order valence-corrected chi connectivity index (χ0v) is 65.9. The summed E-state index contributed by atoms with van der Waals surface area (Å²) in [5.74, 6) is 0.853. The third-order valence-corrected chi connectivity index (χ3v) is 29.3. The van der Waals surface area contributed by atoms with Crippen LogP contribution < -0.4 is 24.3 Å². The summed E-state index contributed by atoms with van der Waals surface area (Å²) in [7, 11) is -6.04. The maximum atomic E-state index is 14.6. The topological polar surface area (TPSA) is 185 Å². The Morgan fingerprint density at radius 3 is 1.25 bits per heavy atom. The quantitative estimate of drug-likeness (QED) is 0.0972. The van der Waals surface area contributed by atoms with Gasteiger partial charge in [-0.25, -0.2) is 21.2 Å². The lowest BCUT2D eigenvalue weighted by atomic mass is 9.89. The van der Waals surface area contributed by atoms with E-state index in [1.54, 1.807) is 56.2 Å². The predicted molar refractivity (Wildman–Crippen MR) is 408 cm³/mol. The summed E-state index contributed by atoms with van der Waals surface area (Å²) in [5.41, 5.74) is 6.11. The molecule has 0 bridgehead atoms. The fourth-order valence-electron chi connectivity index (χ4n) is 16.2. The van der Waals surface area contributed by atoms with Crippen LogP contribution in [0, 0.1) is 43.3 Å². The van der Waals surface area contributed by atoms with E-state index in [0.717, 1.165) is 63.5 Å². The molecule has 0 radical (unpaired) electrons. The highest BCUT2D eigenvalue weighted by Gasteiger charge is 2.41. The summed E-state index contributed by atoms with van der Waals surface area (Å²) in [6.45, 7) is 22.4. The first-order chi connectivity index (χ1) is 48.0. The first-order valence-corrected chi connectivity index (χ1v) is 43.2. The number of methoxy groups -OCH3 is 1. The number of benzene rings is 4. The smallest absolute Gasteiger partial charge is 0.282 e. The molecule has 4 aromatic carbocycles. The number of rotatable bonds is 17. The summed E-state index contributed by atoms with van der Waals surface area (Å²) >= 11 is 0. The minimum Gasteiger partial charge on any atom is -0.497 e. The average Bonchev–Trinajstić information content (AvgIpc) is 0.781. The van der Waals surface area contributed by atoms with Gasteiger partial charge in [-0.05, 0) is 195 Å². The van der Waals surface area contributed by atoms with Crippen LogP contribution in [0.2, 0.25) is 0 Å². The third kappa shape index (κ3) is 21.5.